The van der Waals surface area contributed by atoms with Crippen LogP contribution in [-0.2, 0) is 12.0 Å². The Morgan fingerprint density at radius 3 is 2.44 bits per heavy atom. The first-order chi connectivity index (χ1) is 12.7. The normalized spacial score (nSPS) is 17.4. The van der Waals surface area contributed by atoms with Gasteiger partial charge in [-0.2, -0.15) is 5.26 Å². The summed E-state index contributed by atoms with van der Waals surface area (Å²) in [5.41, 5.74) is 4.73. The lowest BCUT2D eigenvalue weighted by Gasteiger charge is -2.39. The lowest BCUT2D eigenvalue weighted by molar-refractivity contribution is 0.222. The summed E-state index contributed by atoms with van der Waals surface area (Å²) in [4.78, 5) is 7.18. The summed E-state index contributed by atoms with van der Waals surface area (Å²) in [6.07, 6.45) is -1.28. The van der Waals surface area contributed by atoms with Crippen molar-refractivity contribution in [3.63, 3.8) is 0 Å². The summed E-state index contributed by atoms with van der Waals surface area (Å²) in [7, 11) is 2.05. The quantitative estimate of drug-likeness (QED) is 0.822. The van der Waals surface area contributed by atoms with E-state index >= 15 is 0 Å². The monoisotopic (exact) mass is 367 g/mol. The summed E-state index contributed by atoms with van der Waals surface area (Å²) in [5, 5.41) is 20.0. The lowest BCUT2D eigenvalue weighted by atomic mass is 9.77. The Balaban J connectivity index is 2.45. The molecule has 27 heavy (non-hydrogen) atoms. The van der Waals surface area contributed by atoms with Crippen LogP contribution < -0.4 is 0 Å². The molecule has 3 rings (SSSR count). The average Bonchev–Trinajstić information content (AvgIpc) is 2.59. The van der Waals surface area contributed by atoms with Gasteiger partial charge in [0.2, 0.25) is 0 Å². The molecule has 2 aromatic rings. The third kappa shape index (κ3) is 3.47. The molecule has 0 radical (unpaired) electrons. The molecule has 0 spiro atoms. The maximum absolute atomic E-state index is 13.5. The van der Waals surface area contributed by atoms with E-state index < -0.39 is 6.10 Å². The van der Waals surface area contributed by atoms with Gasteiger partial charge in [-0.15, -0.1) is 0 Å². The van der Waals surface area contributed by atoms with Crippen molar-refractivity contribution < 1.29 is 9.50 Å². The summed E-state index contributed by atoms with van der Waals surface area (Å²) in [6, 6.07) is 8.22. The van der Waals surface area contributed by atoms with Gasteiger partial charge in [0, 0.05) is 24.1 Å². The lowest BCUT2D eigenvalue weighted by Crippen LogP contribution is -2.41. The summed E-state index contributed by atoms with van der Waals surface area (Å²) in [5.74, 6) is -0.270. The van der Waals surface area contributed by atoms with E-state index in [4.69, 9.17) is 4.98 Å². The van der Waals surface area contributed by atoms with Gasteiger partial charge in [-0.1, -0.05) is 39.8 Å². The molecule has 0 saturated heterocycles. The van der Waals surface area contributed by atoms with Crippen molar-refractivity contribution in [1.29, 1.82) is 5.26 Å². The van der Waals surface area contributed by atoms with E-state index in [9.17, 15) is 14.8 Å². The second kappa shape index (κ2) is 7.03. The Bertz CT molecular complexity index is 897. The number of pyridine rings is 1. The maximum atomic E-state index is 13.5. The molecule has 1 atom stereocenters. The van der Waals surface area contributed by atoms with Gasteiger partial charge in [0.25, 0.3) is 0 Å². The van der Waals surface area contributed by atoms with Gasteiger partial charge in [0.15, 0.2) is 6.10 Å². The Labute approximate surface area is 160 Å². The van der Waals surface area contributed by atoms with Crippen LogP contribution in [0.2, 0.25) is 0 Å². The van der Waals surface area contributed by atoms with E-state index in [2.05, 4.69) is 25.8 Å². The highest BCUT2D eigenvalue weighted by Gasteiger charge is 2.37. The van der Waals surface area contributed by atoms with E-state index in [0.717, 1.165) is 34.6 Å². The molecule has 4 nitrogen and oxygen atoms in total. The summed E-state index contributed by atoms with van der Waals surface area (Å²) >= 11 is 0. The van der Waals surface area contributed by atoms with Gasteiger partial charge in [-0.05, 0) is 41.8 Å². The van der Waals surface area contributed by atoms with E-state index in [0.29, 0.717) is 12.1 Å². The number of aromatic nitrogens is 1. The molecule has 142 valence electrons. The van der Waals surface area contributed by atoms with Crippen LogP contribution in [0.25, 0.3) is 11.1 Å². The minimum atomic E-state index is -1.28. The van der Waals surface area contributed by atoms with Crippen molar-refractivity contribution in [1.82, 2.24) is 9.88 Å². The topological polar surface area (TPSA) is 60.2 Å². The number of nitrogens with zero attached hydrogens (tertiary/aromatic N) is 3. The zero-order valence-corrected chi connectivity index (χ0v) is 16.5. The highest BCUT2D eigenvalue weighted by molar-refractivity contribution is 5.74. The first-order valence-electron chi connectivity index (χ1n) is 9.25. The number of hydrogen-bond acceptors (Lipinski definition) is 4. The number of fused-ring (bicyclic) bond motifs is 1. The Morgan fingerprint density at radius 2 is 1.89 bits per heavy atom. The molecule has 1 unspecified atom stereocenters. The molecule has 0 bridgehead atoms. The van der Waals surface area contributed by atoms with Crippen LogP contribution in [0.3, 0.4) is 0 Å². The summed E-state index contributed by atoms with van der Waals surface area (Å²) in [6.45, 7) is 9.88. The fourth-order valence-electron chi connectivity index (χ4n) is 4.17. The van der Waals surface area contributed by atoms with E-state index in [1.54, 1.807) is 12.1 Å². The number of aliphatic hydroxyl groups excluding tert-OH is 1. The number of likely N-dealkylation sites (N-methyl/N-ethyl adjacent to an activating group) is 1. The molecule has 1 N–H and O–H groups in total. The predicted molar refractivity (Wildman–Crippen MR) is 104 cm³/mol. The van der Waals surface area contributed by atoms with E-state index in [-0.39, 0.29) is 17.2 Å². The van der Waals surface area contributed by atoms with Crippen molar-refractivity contribution in [2.24, 2.45) is 0 Å². The number of rotatable bonds is 3. The van der Waals surface area contributed by atoms with Crippen LogP contribution in [-0.4, -0.2) is 28.6 Å². The number of halogens is 1. The van der Waals surface area contributed by atoms with Gasteiger partial charge in [0.05, 0.1) is 17.5 Å². The maximum Gasteiger partial charge on any atom is 0.168 e. The van der Waals surface area contributed by atoms with Crippen molar-refractivity contribution >= 4 is 0 Å². The first kappa shape index (κ1) is 19.5. The van der Waals surface area contributed by atoms with Crippen LogP contribution in [0.1, 0.15) is 62.2 Å². The molecule has 1 aliphatic heterocycles. The first-order valence-corrected chi connectivity index (χ1v) is 9.25. The molecule has 1 aromatic heterocycles. The molecule has 0 amide bonds. The third-order valence-electron chi connectivity index (χ3n) is 5.17. The van der Waals surface area contributed by atoms with Gasteiger partial charge in [0.1, 0.15) is 5.82 Å². The Kier molecular flexibility index (Phi) is 5.07. The predicted octanol–water partition coefficient (Wildman–Crippen LogP) is 4.29. The standard InChI is InChI=1S/C22H26FN3O/c1-13(2)20-19(17(27)10-24)18(14-6-8-15(23)9-7-14)16-11-26(5)12-22(3,4)21(16)25-20/h6-9,13,17,27H,11-12H2,1-5H3. The van der Waals surface area contributed by atoms with E-state index in [1.807, 2.05) is 19.9 Å². The van der Waals surface area contributed by atoms with Crippen molar-refractivity contribution in [3.05, 3.63) is 52.6 Å². The number of hydrogen-bond donors (Lipinski definition) is 1. The number of benzene rings is 1. The highest BCUT2D eigenvalue weighted by Crippen LogP contribution is 2.43. The second-order valence-corrected chi connectivity index (χ2v) is 8.36. The largest absolute Gasteiger partial charge is 0.374 e. The fraction of sp³-hybridized carbons (Fsp3) is 0.455. The molecule has 2 heterocycles. The summed E-state index contributed by atoms with van der Waals surface area (Å²) < 4.78 is 13.5. The molecular weight excluding hydrogens is 341 g/mol. The molecular formula is C22H26FN3O. The molecule has 1 aromatic carbocycles. The number of aliphatic hydroxyl groups is 1. The van der Waals surface area contributed by atoms with Gasteiger partial charge >= 0.3 is 0 Å². The minimum Gasteiger partial charge on any atom is -0.374 e. The zero-order valence-electron chi connectivity index (χ0n) is 16.5. The van der Waals surface area contributed by atoms with Crippen LogP contribution >= 0.6 is 0 Å². The van der Waals surface area contributed by atoms with E-state index in [1.165, 1.54) is 12.1 Å². The average molecular weight is 367 g/mol. The Morgan fingerprint density at radius 1 is 1.26 bits per heavy atom. The minimum absolute atomic E-state index is 0.0444. The fourth-order valence-corrected chi connectivity index (χ4v) is 4.17. The number of nitriles is 1. The third-order valence-corrected chi connectivity index (χ3v) is 5.17. The van der Waals surface area contributed by atoms with Crippen molar-refractivity contribution in [3.8, 4) is 17.2 Å². The molecule has 0 fully saturated rings. The van der Waals surface area contributed by atoms with Gasteiger partial charge < -0.3 is 10.0 Å². The van der Waals surface area contributed by atoms with Crippen LogP contribution in [0.5, 0.6) is 0 Å². The smallest absolute Gasteiger partial charge is 0.168 e. The SMILES string of the molecule is CC(C)c1nc2c(c(-c3ccc(F)cc3)c1C(O)C#N)CN(C)CC2(C)C. The Hall–Kier alpha value is -2.29. The molecule has 5 heteroatoms. The molecule has 0 saturated carbocycles. The van der Waals surface area contributed by atoms with Crippen LogP contribution in [0.15, 0.2) is 24.3 Å². The van der Waals surface area contributed by atoms with Gasteiger partial charge in [-0.25, -0.2) is 4.39 Å². The highest BCUT2D eigenvalue weighted by atomic mass is 19.1. The van der Waals surface area contributed by atoms with Gasteiger partial charge in [-0.3, -0.25) is 4.98 Å². The molecule has 1 aliphatic rings. The zero-order chi connectivity index (χ0) is 19.9. The van der Waals surface area contributed by atoms with Crippen LogP contribution in [0.4, 0.5) is 4.39 Å². The molecule has 0 aliphatic carbocycles. The van der Waals surface area contributed by atoms with Crippen molar-refractivity contribution in [2.45, 2.75) is 51.7 Å². The van der Waals surface area contributed by atoms with Crippen molar-refractivity contribution in [2.75, 3.05) is 13.6 Å². The second-order valence-electron chi connectivity index (χ2n) is 8.36. The van der Waals surface area contributed by atoms with Crippen LogP contribution in [0, 0.1) is 17.1 Å².